The van der Waals surface area contributed by atoms with Gasteiger partial charge in [0, 0.05) is 12.6 Å². The lowest BCUT2D eigenvalue weighted by atomic mass is 10.2. The summed E-state index contributed by atoms with van der Waals surface area (Å²) < 4.78 is 63.5. The Balaban J connectivity index is 1.66. The molecule has 3 aromatic rings. The van der Waals surface area contributed by atoms with Crippen LogP contribution in [0.4, 0.5) is 17.6 Å². The monoisotopic (exact) mass is 447 g/mol. The molecule has 0 bridgehead atoms. The standard InChI is InChI=1S/C18H11Cl2F4N3O2/c19-13-2-1-11(6-12(13)18(22,23)24)29-17-15(21)5-10(7-26-17)3-4-28-16-14(20)8-25-9-27-16/h1-2,5-9H,3-4H2. The van der Waals surface area contributed by atoms with Crippen molar-refractivity contribution >= 4 is 23.2 Å². The SMILES string of the molecule is Fc1cc(CCOc2ncncc2Cl)cnc1Oc1ccc(Cl)c(C(F)(F)F)c1. The minimum absolute atomic E-state index is 0.143. The molecule has 0 aliphatic heterocycles. The van der Waals surface area contributed by atoms with Gasteiger partial charge in [-0.15, -0.1) is 0 Å². The summed E-state index contributed by atoms with van der Waals surface area (Å²) in [6.07, 6.45) is -0.416. The Morgan fingerprint density at radius 2 is 1.76 bits per heavy atom. The lowest BCUT2D eigenvalue weighted by Gasteiger charge is -2.12. The third kappa shape index (κ3) is 5.45. The largest absolute Gasteiger partial charge is 0.476 e. The van der Waals surface area contributed by atoms with Crippen molar-refractivity contribution < 1.29 is 27.0 Å². The Labute approximate surface area is 172 Å². The first-order valence-corrected chi connectivity index (χ1v) is 8.77. The van der Waals surface area contributed by atoms with E-state index in [0.29, 0.717) is 11.6 Å². The first-order chi connectivity index (χ1) is 13.7. The Hall–Kier alpha value is -2.65. The number of pyridine rings is 1. The average molecular weight is 448 g/mol. The molecule has 11 heteroatoms. The van der Waals surface area contributed by atoms with E-state index in [2.05, 4.69) is 15.0 Å². The molecule has 0 aliphatic carbocycles. The molecular formula is C18H11Cl2F4N3O2. The van der Waals surface area contributed by atoms with Crippen LogP contribution in [0, 0.1) is 5.82 Å². The van der Waals surface area contributed by atoms with Crippen molar-refractivity contribution in [3.8, 4) is 17.5 Å². The molecule has 1 aromatic carbocycles. The lowest BCUT2D eigenvalue weighted by molar-refractivity contribution is -0.137. The van der Waals surface area contributed by atoms with Gasteiger partial charge in [-0.1, -0.05) is 23.2 Å². The van der Waals surface area contributed by atoms with E-state index in [1.807, 2.05) is 0 Å². The van der Waals surface area contributed by atoms with Crippen LogP contribution in [0.1, 0.15) is 11.1 Å². The first kappa shape index (κ1) is 21.1. The molecule has 0 fully saturated rings. The number of aromatic nitrogens is 3. The Bertz CT molecular complexity index is 1020. The van der Waals surface area contributed by atoms with Gasteiger partial charge in [0.1, 0.15) is 17.1 Å². The fourth-order valence-corrected chi connectivity index (χ4v) is 2.63. The number of ether oxygens (including phenoxy) is 2. The fourth-order valence-electron chi connectivity index (χ4n) is 2.25. The number of nitrogens with zero attached hydrogens (tertiary/aromatic N) is 3. The highest BCUT2D eigenvalue weighted by Crippen LogP contribution is 2.37. The van der Waals surface area contributed by atoms with Crippen molar-refractivity contribution in [2.45, 2.75) is 12.6 Å². The molecule has 29 heavy (non-hydrogen) atoms. The van der Waals surface area contributed by atoms with Gasteiger partial charge in [-0.25, -0.2) is 19.3 Å². The third-order valence-electron chi connectivity index (χ3n) is 3.59. The summed E-state index contributed by atoms with van der Waals surface area (Å²) in [5.41, 5.74) is -0.610. The molecule has 0 amide bonds. The molecule has 3 rings (SSSR count). The molecule has 0 unspecified atom stereocenters. The van der Waals surface area contributed by atoms with Gasteiger partial charge in [-0.3, -0.25) is 0 Å². The molecule has 0 atom stereocenters. The van der Waals surface area contributed by atoms with E-state index in [1.54, 1.807) is 0 Å². The Kier molecular flexibility index (Phi) is 6.39. The van der Waals surface area contributed by atoms with Gasteiger partial charge in [0.05, 0.1) is 23.4 Å². The normalized spacial score (nSPS) is 11.4. The maximum atomic E-state index is 14.2. The molecule has 2 aromatic heterocycles. The quantitative estimate of drug-likeness (QED) is 0.450. The van der Waals surface area contributed by atoms with Gasteiger partial charge >= 0.3 is 6.18 Å². The summed E-state index contributed by atoms with van der Waals surface area (Å²) in [5.74, 6) is -1.36. The van der Waals surface area contributed by atoms with Crippen molar-refractivity contribution in [1.82, 2.24) is 15.0 Å². The number of rotatable bonds is 6. The lowest BCUT2D eigenvalue weighted by Crippen LogP contribution is -2.06. The first-order valence-electron chi connectivity index (χ1n) is 8.01. The van der Waals surface area contributed by atoms with Crippen LogP contribution in [0.5, 0.6) is 17.5 Å². The fraction of sp³-hybridized carbons (Fsp3) is 0.167. The second-order valence-corrected chi connectivity index (χ2v) is 6.46. The van der Waals surface area contributed by atoms with Gasteiger partial charge in [-0.2, -0.15) is 13.2 Å². The smallest absolute Gasteiger partial charge is 0.417 e. The van der Waals surface area contributed by atoms with Gasteiger partial charge < -0.3 is 9.47 Å². The maximum Gasteiger partial charge on any atom is 0.417 e. The van der Waals surface area contributed by atoms with Crippen LogP contribution in [0.15, 0.2) is 43.0 Å². The van der Waals surface area contributed by atoms with E-state index in [0.717, 1.165) is 12.1 Å². The van der Waals surface area contributed by atoms with Crippen molar-refractivity contribution in [1.29, 1.82) is 0 Å². The van der Waals surface area contributed by atoms with Crippen LogP contribution in [-0.2, 0) is 12.6 Å². The molecule has 2 heterocycles. The van der Waals surface area contributed by atoms with E-state index in [-0.39, 0.29) is 29.7 Å². The van der Waals surface area contributed by atoms with E-state index in [1.165, 1.54) is 24.8 Å². The van der Waals surface area contributed by atoms with Crippen LogP contribution in [-0.4, -0.2) is 21.6 Å². The second kappa shape index (κ2) is 8.79. The van der Waals surface area contributed by atoms with Crippen LogP contribution < -0.4 is 9.47 Å². The predicted octanol–water partition coefficient (Wildman–Crippen LogP) is 5.75. The maximum absolute atomic E-state index is 14.2. The van der Waals surface area contributed by atoms with Gasteiger partial charge in [0.25, 0.3) is 5.88 Å². The average Bonchev–Trinajstić information content (AvgIpc) is 2.66. The number of benzene rings is 1. The molecule has 0 saturated heterocycles. The number of alkyl halides is 3. The summed E-state index contributed by atoms with van der Waals surface area (Å²) in [4.78, 5) is 11.4. The van der Waals surface area contributed by atoms with Gasteiger partial charge in [0.2, 0.25) is 5.88 Å². The summed E-state index contributed by atoms with van der Waals surface area (Å²) in [7, 11) is 0. The number of hydrogen-bond acceptors (Lipinski definition) is 5. The van der Waals surface area contributed by atoms with Gasteiger partial charge in [0.15, 0.2) is 5.82 Å². The molecule has 5 nitrogen and oxygen atoms in total. The van der Waals surface area contributed by atoms with Crippen molar-refractivity contribution in [3.63, 3.8) is 0 Å². The van der Waals surface area contributed by atoms with E-state index in [9.17, 15) is 17.6 Å². The topological polar surface area (TPSA) is 57.1 Å². The minimum Gasteiger partial charge on any atom is -0.476 e. The van der Waals surface area contributed by atoms with E-state index < -0.39 is 28.5 Å². The zero-order valence-corrected chi connectivity index (χ0v) is 15.9. The molecule has 0 aliphatic rings. The molecule has 152 valence electrons. The minimum atomic E-state index is -4.67. The highest BCUT2D eigenvalue weighted by Gasteiger charge is 2.33. The molecule has 0 spiro atoms. The zero-order chi connectivity index (χ0) is 21.0. The molecule has 0 radical (unpaired) electrons. The summed E-state index contributed by atoms with van der Waals surface area (Å²) in [6, 6.07) is 4.03. The van der Waals surface area contributed by atoms with Crippen molar-refractivity contribution in [2.75, 3.05) is 6.61 Å². The molecule has 0 saturated carbocycles. The zero-order valence-electron chi connectivity index (χ0n) is 14.4. The highest BCUT2D eigenvalue weighted by atomic mass is 35.5. The number of hydrogen-bond donors (Lipinski definition) is 0. The van der Waals surface area contributed by atoms with Crippen LogP contribution in [0.3, 0.4) is 0 Å². The molecule has 0 N–H and O–H groups in total. The second-order valence-electron chi connectivity index (χ2n) is 5.65. The summed E-state index contributed by atoms with van der Waals surface area (Å²) in [5, 5.41) is -0.251. The van der Waals surface area contributed by atoms with E-state index >= 15 is 0 Å². The van der Waals surface area contributed by atoms with Crippen LogP contribution >= 0.6 is 23.2 Å². The predicted molar refractivity (Wildman–Crippen MR) is 97.0 cm³/mol. The molecular weight excluding hydrogens is 437 g/mol. The van der Waals surface area contributed by atoms with Crippen LogP contribution in [0.2, 0.25) is 10.0 Å². The van der Waals surface area contributed by atoms with Crippen LogP contribution in [0.25, 0.3) is 0 Å². The van der Waals surface area contributed by atoms with Gasteiger partial charge in [-0.05, 0) is 29.8 Å². The highest BCUT2D eigenvalue weighted by molar-refractivity contribution is 6.31. The van der Waals surface area contributed by atoms with E-state index in [4.69, 9.17) is 32.7 Å². The van der Waals surface area contributed by atoms with Crippen molar-refractivity contribution in [3.05, 3.63) is 70.0 Å². The summed E-state index contributed by atoms with van der Waals surface area (Å²) >= 11 is 11.4. The third-order valence-corrected chi connectivity index (χ3v) is 4.17. The van der Waals surface area contributed by atoms with Crippen molar-refractivity contribution in [2.24, 2.45) is 0 Å². The Morgan fingerprint density at radius 3 is 2.45 bits per heavy atom. The summed E-state index contributed by atoms with van der Waals surface area (Å²) in [6.45, 7) is 0.143. The number of halogens is 6. The Morgan fingerprint density at radius 1 is 0.966 bits per heavy atom.